The minimum atomic E-state index is 0.681. The molecule has 1 rings (SSSR count). The lowest BCUT2D eigenvalue weighted by Gasteiger charge is -1.88. The quantitative estimate of drug-likeness (QED) is 0.625. The van der Waals surface area contributed by atoms with E-state index in [0.29, 0.717) is 4.73 Å². The first-order valence-corrected chi connectivity index (χ1v) is 3.05. The van der Waals surface area contributed by atoms with Gasteiger partial charge < -0.3 is 0 Å². The number of aromatic nitrogens is 4. The molecule has 1 aromatic rings. The lowest BCUT2D eigenvalue weighted by atomic mass is 10.8. The molecule has 0 spiro atoms. The first-order valence-electron chi connectivity index (χ1n) is 2.26. The second-order valence-electron chi connectivity index (χ2n) is 1.26. The van der Waals surface area contributed by atoms with E-state index >= 15 is 0 Å². The van der Waals surface area contributed by atoms with Crippen molar-refractivity contribution in [1.82, 2.24) is 20.2 Å². The molecule has 0 aliphatic heterocycles. The minimum absolute atomic E-state index is 0.681. The van der Waals surface area contributed by atoms with Crippen molar-refractivity contribution in [3.05, 3.63) is 4.73 Å². The fraction of sp³-hybridized carbons (Fsp3) is 0.667. The number of rotatable bonds is 1. The van der Waals surface area contributed by atoms with Gasteiger partial charge >= 0.3 is 0 Å². The first-order chi connectivity index (χ1) is 3.84. The third kappa shape index (κ3) is 0.861. The minimum Gasteiger partial charge on any atom is -0.220 e. The molecule has 1 heterocycles. The van der Waals surface area contributed by atoms with Crippen molar-refractivity contribution in [3.8, 4) is 0 Å². The summed E-state index contributed by atoms with van der Waals surface area (Å²) >= 11 is 3.15. The zero-order chi connectivity index (χ0) is 5.98. The Morgan fingerprint density at radius 2 is 2.50 bits per heavy atom. The summed E-state index contributed by atoms with van der Waals surface area (Å²) in [5.74, 6) is 0. The van der Waals surface area contributed by atoms with Gasteiger partial charge in [-0.15, -0.1) is 5.10 Å². The predicted molar refractivity (Wildman–Crippen MR) is 31.2 cm³/mol. The van der Waals surface area contributed by atoms with Crippen LogP contribution in [-0.4, -0.2) is 20.2 Å². The highest BCUT2D eigenvalue weighted by Gasteiger charge is 1.94. The Kier molecular flexibility index (Phi) is 1.57. The molecule has 4 nitrogen and oxygen atoms in total. The summed E-state index contributed by atoms with van der Waals surface area (Å²) in [6, 6.07) is 0. The zero-order valence-corrected chi connectivity index (χ0v) is 5.96. The van der Waals surface area contributed by atoms with E-state index in [1.54, 1.807) is 4.68 Å². The van der Waals surface area contributed by atoms with Crippen LogP contribution in [-0.2, 0) is 6.54 Å². The van der Waals surface area contributed by atoms with Gasteiger partial charge in [0.2, 0.25) is 4.73 Å². The van der Waals surface area contributed by atoms with Crippen LogP contribution in [0.4, 0.5) is 0 Å². The van der Waals surface area contributed by atoms with Gasteiger partial charge in [0.05, 0.1) is 0 Å². The third-order valence-electron chi connectivity index (χ3n) is 0.788. The maximum Gasteiger partial charge on any atom is 0.218 e. The van der Waals surface area contributed by atoms with Gasteiger partial charge in [-0.2, -0.15) is 0 Å². The van der Waals surface area contributed by atoms with Gasteiger partial charge in [-0.1, -0.05) is 0 Å². The first kappa shape index (κ1) is 5.68. The molecule has 44 valence electrons. The summed E-state index contributed by atoms with van der Waals surface area (Å²) in [4.78, 5) is 0. The van der Waals surface area contributed by atoms with Crippen LogP contribution in [0.15, 0.2) is 4.73 Å². The van der Waals surface area contributed by atoms with Gasteiger partial charge in [-0.05, 0) is 33.3 Å². The molecule has 0 saturated carbocycles. The lowest BCUT2D eigenvalue weighted by Crippen LogP contribution is -1.95. The number of aryl methyl sites for hydroxylation is 1. The maximum atomic E-state index is 3.64. The van der Waals surface area contributed by atoms with E-state index in [2.05, 4.69) is 31.5 Å². The van der Waals surface area contributed by atoms with Crippen molar-refractivity contribution in [2.24, 2.45) is 0 Å². The number of hydrogen-bond donors (Lipinski definition) is 0. The molecule has 0 radical (unpaired) electrons. The Balaban J connectivity index is 2.92. The standard InChI is InChI=1S/C3H5BrN4/c1-2-8-3(4)5-6-7-8/h2H2,1H3. The molecule has 0 amide bonds. The van der Waals surface area contributed by atoms with E-state index in [1.807, 2.05) is 6.92 Å². The molecule has 8 heavy (non-hydrogen) atoms. The van der Waals surface area contributed by atoms with Gasteiger partial charge in [-0.25, -0.2) is 4.68 Å². The van der Waals surface area contributed by atoms with E-state index < -0.39 is 0 Å². The van der Waals surface area contributed by atoms with Crippen molar-refractivity contribution in [1.29, 1.82) is 0 Å². The highest BCUT2D eigenvalue weighted by Crippen LogP contribution is 1.99. The van der Waals surface area contributed by atoms with E-state index in [9.17, 15) is 0 Å². The fourth-order valence-electron chi connectivity index (χ4n) is 0.387. The van der Waals surface area contributed by atoms with Crippen LogP contribution < -0.4 is 0 Å². The van der Waals surface area contributed by atoms with E-state index in [-0.39, 0.29) is 0 Å². The molecule has 0 fully saturated rings. The van der Waals surface area contributed by atoms with Crippen LogP contribution in [0.5, 0.6) is 0 Å². The van der Waals surface area contributed by atoms with Crippen molar-refractivity contribution in [2.45, 2.75) is 13.5 Å². The second kappa shape index (κ2) is 2.21. The lowest BCUT2D eigenvalue weighted by molar-refractivity contribution is 0.615. The predicted octanol–water partition coefficient (Wildman–Crippen LogP) is 0.455. The average Bonchev–Trinajstić information content (AvgIpc) is 2.14. The number of tetrazole rings is 1. The van der Waals surface area contributed by atoms with Crippen molar-refractivity contribution in [3.63, 3.8) is 0 Å². The largest absolute Gasteiger partial charge is 0.220 e. The highest BCUT2D eigenvalue weighted by atomic mass is 79.9. The summed E-state index contributed by atoms with van der Waals surface area (Å²) in [6.45, 7) is 2.77. The van der Waals surface area contributed by atoms with Crippen molar-refractivity contribution in [2.75, 3.05) is 0 Å². The second-order valence-corrected chi connectivity index (χ2v) is 1.97. The summed E-state index contributed by atoms with van der Waals surface area (Å²) in [5, 5.41) is 10.7. The van der Waals surface area contributed by atoms with Gasteiger partial charge in [0.25, 0.3) is 0 Å². The molecular weight excluding hydrogens is 172 g/mol. The van der Waals surface area contributed by atoms with E-state index in [4.69, 9.17) is 0 Å². The molecule has 0 N–H and O–H groups in total. The highest BCUT2D eigenvalue weighted by molar-refractivity contribution is 9.10. The van der Waals surface area contributed by atoms with Gasteiger partial charge in [0.1, 0.15) is 0 Å². The molecule has 0 aliphatic carbocycles. The van der Waals surface area contributed by atoms with E-state index in [1.165, 1.54) is 0 Å². The summed E-state index contributed by atoms with van der Waals surface area (Å²) < 4.78 is 2.33. The summed E-state index contributed by atoms with van der Waals surface area (Å²) in [5.41, 5.74) is 0. The number of halogens is 1. The molecule has 0 unspecified atom stereocenters. The van der Waals surface area contributed by atoms with Gasteiger partial charge in [0, 0.05) is 6.54 Å². The van der Waals surface area contributed by atoms with Crippen LogP contribution >= 0.6 is 15.9 Å². The topological polar surface area (TPSA) is 43.6 Å². The molecule has 0 aromatic carbocycles. The zero-order valence-electron chi connectivity index (χ0n) is 4.37. The van der Waals surface area contributed by atoms with Gasteiger partial charge in [-0.3, -0.25) is 0 Å². The van der Waals surface area contributed by atoms with Crippen LogP contribution in [0.25, 0.3) is 0 Å². The normalized spacial score (nSPS) is 9.75. The molecular formula is C3H5BrN4. The smallest absolute Gasteiger partial charge is 0.218 e. The van der Waals surface area contributed by atoms with Crippen molar-refractivity contribution >= 4 is 15.9 Å². The monoisotopic (exact) mass is 176 g/mol. The molecule has 1 aromatic heterocycles. The summed E-state index contributed by atoms with van der Waals surface area (Å²) in [6.07, 6.45) is 0. The van der Waals surface area contributed by atoms with Crippen LogP contribution in [0, 0.1) is 0 Å². The third-order valence-corrected chi connectivity index (χ3v) is 1.36. The Hall–Kier alpha value is -0.450. The van der Waals surface area contributed by atoms with Crippen LogP contribution in [0.2, 0.25) is 0 Å². The Morgan fingerprint density at radius 3 is 2.75 bits per heavy atom. The van der Waals surface area contributed by atoms with Crippen LogP contribution in [0.1, 0.15) is 6.92 Å². The number of nitrogens with zero attached hydrogens (tertiary/aromatic N) is 4. The van der Waals surface area contributed by atoms with Crippen LogP contribution in [0.3, 0.4) is 0 Å². The maximum absolute atomic E-state index is 3.64. The SMILES string of the molecule is CCn1nnnc1Br. The van der Waals surface area contributed by atoms with Crippen molar-refractivity contribution < 1.29 is 0 Å². The molecule has 0 aliphatic rings. The fourth-order valence-corrected chi connectivity index (χ4v) is 0.780. The molecule has 0 atom stereocenters. The molecule has 0 bridgehead atoms. The average molecular weight is 177 g/mol. The Labute approximate surface area is 55.0 Å². The molecule has 0 saturated heterocycles. The number of hydrogen-bond acceptors (Lipinski definition) is 3. The Bertz CT molecular complexity index is 172. The molecule has 5 heteroatoms. The van der Waals surface area contributed by atoms with E-state index in [0.717, 1.165) is 6.54 Å². The summed E-state index contributed by atoms with van der Waals surface area (Å²) in [7, 11) is 0. The Morgan fingerprint density at radius 1 is 1.75 bits per heavy atom. The van der Waals surface area contributed by atoms with Gasteiger partial charge in [0.15, 0.2) is 0 Å².